The molecule has 2 atom stereocenters. The summed E-state index contributed by atoms with van der Waals surface area (Å²) in [5, 5.41) is 13.3. The van der Waals surface area contributed by atoms with Crippen molar-refractivity contribution in [2.45, 2.75) is 45.8 Å². The first-order valence-corrected chi connectivity index (χ1v) is 7.46. The lowest BCUT2D eigenvalue weighted by atomic mass is 9.99. The molecule has 0 saturated carbocycles. The largest absolute Gasteiger partial charge is 0.468 e. The number of esters is 1. The van der Waals surface area contributed by atoms with Gasteiger partial charge in [-0.2, -0.15) is 0 Å². The summed E-state index contributed by atoms with van der Waals surface area (Å²) in [7, 11) is 1.38. The molecule has 0 heterocycles. The van der Waals surface area contributed by atoms with Crippen LogP contribution >= 0.6 is 0 Å². The summed E-state index contributed by atoms with van der Waals surface area (Å²) in [5.74, 6) is 0.277. The first kappa shape index (κ1) is 17.7. The van der Waals surface area contributed by atoms with Crippen molar-refractivity contribution in [1.82, 2.24) is 5.32 Å². The normalized spacial score (nSPS) is 14.3. The van der Waals surface area contributed by atoms with E-state index in [1.54, 1.807) is 0 Å². The monoisotopic (exact) mass is 293 g/mol. The molecule has 0 amide bonds. The second-order valence-corrected chi connectivity index (χ2v) is 5.99. The molecule has 0 spiro atoms. The van der Waals surface area contributed by atoms with E-state index in [0.717, 1.165) is 5.56 Å². The van der Waals surface area contributed by atoms with Crippen LogP contribution in [0.5, 0.6) is 0 Å². The second kappa shape index (κ2) is 8.15. The Labute approximate surface area is 127 Å². The van der Waals surface area contributed by atoms with Crippen LogP contribution in [0, 0.1) is 5.92 Å². The third kappa shape index (κ3) is 5.14. The highest BCUT2D eigenvalue weighted by Gasteiger charge is 2.23. The van der Waals surface area contributed by atoms with Crippen LogP contribution in [0.2, 0.25) is 0 Å². The van der Waals surface area contributed by atoms with E-state index in [9.17, 15) is 9.90 Å². The highest BCUT2D eigenvalue weighted by Crippen LogP contribution is 2.18. The number of carbonyl (C=O) groups is 1. The molecule has 118 valence electrons. The minimum atomic E-state index is -0.642. The summed E-state index contributed by atoms with van der Waals surface area (Å²) < 4.78 is 4.77. The number of aliphatic hydroxyl groups excluding tert-OH is 1. The van der Waals surface area contributed by atoms with Crippen LogP contribution in [-0.2, 0) is 9.53 Å². The molecule has 0 aliphatic heterocycles. The maximum absolute atomic E-state index is 11.7. The maximum Gasteiger partial charge on any atom is 0.323 e. The molecule has 2 N–H and O–H groups in total. The second-order valence-electron chi connectivity index (χ2n) is 5.99. The van der Waals surface area contributed by atoms with Crippen LogP contribution in [-0.4, -0.2) is 30.8 Å². The standard InChI is InChI=1S/C17H27NO3/c1-11(2)13-6-8-14(9-7-13)15(19)10-18-16(12(3)4)17(20)21-5/h6-9,11-12,15-16,18-19H,10H2,1-5H3. The van der Waals surface area contributed by atoms with Crippen LogP contribution in [0.1, 0.15) is 50.8 Å². The fraction of sp³-hybridized carbons (Fsp3) is 0.588. The van der Waals surface area contributed by atoms with E-state index in [1.165, 1.54) is 12.7 Å². The molecular weight excluding hydrogens is 266 g/mol. The van der Waals surface area contributed by atoms with Gasteiger partial charge in [-0.25, -0.2) is 0 Å². The SMILES string of the molecule is COC(=O)C(NCC(O)c1ccc(C(C)C)cc1)C(C)C. The van der Waals surface area contributed by atoms with Crippen molar-refractivity contribution < 1.29 is 14.6 Å². The molecular formula is C17H27NO3. The highest BCUT2D eigenvalue weighted by atomic mass is 16.5. The molecule has 4 heteroatoms. The van der Waals surface area contributed by atoms with Gasteiger partial charge in [0.2, 0.25) is 0 Å². The first-order chi connectivity index (χ1) is 9.86. The lowest BCUT2D eigenvalue weighted by molar-refractivity contribution is -0.144. The first-order valence-electron chi connectivity index (χ1n) is 7.46. The summed E-state index contributed by atoms with van der Waals surface area (Å²) in [5.41, 5.74) is 2.09. The third-order valence-corrected chi connectivity index (χ3v) is 3.64. The Kier molecular flexibility index (Phi) is 6.85. The molecule has 1 aromatic rings. The van der Waals surface area contributed by atoms with E-state index in [0.29, 0.717) is 12.5 Å². The van der Waals surface area contributed by atoms with Crippen LogP contribution < -0.4 is 5.32 Å². The predicted molar refractivity (Wildman–Crippen MR) is 84.1 cm³/mol. The fourth-order valence-corrected chi connectivity index (χ4v) is 2.18. The van der Waals surface area contributed by atoms with Crippen molar-refractivity contribution in [3.05, 3.63) is 35.4 Å². The number of carbonyl (C=O) groups excluding carboxylic acids is 1. The average Bonchev–Trinajstić information content (AvgIpc) is 2.46. The van der Waals surface area contributed by atoms with Crippen molar-refractivity contribution in [3.63, 3.8) is 0 Å². The average molecular weight is 293 g/mol. The van der Waals surface area contributed by atoms with E-state index in [4.69, 9.17) is 4.74 Å². The van der Waals surface area contributed by atoms with Crippen LogP contribution in [0.3, 0.4) is 0 Å². The molecule has 1 rings (SSSR count). The predicted octanol–water partition coefficient (Wildman–Crippen LogP) is 2.63. The maximum atomic E-state index is 11.7. The number of nitrogens with one attached hydrogen (secondary N) is 1. The molecule has 0 aromatic heterocycles. The summed E-state index contributed by atoms with van der Waals surface area (Å²) >= 11 is 0. The minimum Gasteiger partial charge on any atom is -0.468 e. The Morgan fingerprint density at radius 1 is 1.14 bits per heavy atom. The molecule has 0 fully saturated rings. The van der Waals surface area contributed by atoms with Crippen LogP contribution in [0.25, 0.3) is 0 Å². The van der Waals surface area contributed by atoms with E-state index in [1.807, 2.05) is 38.1 Å². The zero-order chi connectivity index (χ0) is 16.0. The van der Waals surface area contributed by atoms with Gasteiger partial charge < -0.3 is 15.2 Å². The van der Waals surface area contributed by atoms with Gasteiger partial charge in [-0.05, 0) is 23.0 Å². The Hall–Kier alpha value is -1.39. The van der Waals surface area contributed by atoms with Gasteiger partial charge in [0, 0.05) is 6.54 Å². The topological polar surface area (TPSA) is 58.6 Å². The lowest BCUT2D eigenvalue weighted by Gasteiger charge is -2.22. The number of hydrogen-bond acceptors (Lipinski definition) is 4. The van der Waals surface area contributed by atoms with Crippen molar-refractivity contribution >= 4 is 5.97 Å². The zero-order valence-electron chi connectivity index (χ0n) is 13.6. The molecule has 0 bridgehead atoms. The summed E-state index contributed by atoms with van der Waals surface area (Å²) in [6.45, 7) is 8.48. The number of methoxy groups -OCH3 is 1. The number of hydrogen-bond donors (Lipinski definition) is 2. The summed E-state index contributed by atoms with van der Waals surface area (Å²) in [6, 6.07) is 7.53. The highest BCUT2D eigenvalue weighted by molar-refractivity contribution is 5.75. The summed E-state index contributed by atoms with van der Waals surface area (Å²) in [6.07, 6.45) is -0.642. The fourth-order valence-electron chi connectivity index (χ4n) is 2.18. The Morgan fingerprint density at radius 3 is 2.10 bits per heavy atom. The van der Waals surface area contributed by atoms with Gasteiger partial charge >= 0.3 is 5.97 Å². The minimum absolute atomic E-state index is 0.105. The molecule has 0 aliphatic carbocycles. The van der Waals surface area contributed by atoms with Gasteiger partial charge in [-0.3, -0.25) is 4.79 Å². The van der Waals surface area contributed by atoms with E-state index in [-0.39, 0.29) is 11.9 Å². The van der Waals surface area contributed by atoms with Gasteiger partial charge in [0.15, 0.2) is 0 Å². The van der Waals surface area contributed by atoms with Crippen molar-refractivity contribution in [2.75, 3.05) is 13.7 Å². The van der Waals surface area contributed by atoms with Gasteiger partial charge in [0.1, 0.15) is 6.04 Å². The number of aliphatic hydroxyl groups is 1. The van der Waals surface area contributed by atoms with E-state index < -0.39 is 12.1 Å². The van der Waals surface area contributed by atoms with Crippen molar-refractivity contribution in [3.8, 4) is 0 Å². The molecule has 0 saturated heterocycles. The van der Waals surface area contributed by atoms with E-state index >= 15 is 0 Å². The molecule has 4 nitrogen and oxygen atoms in total. The van der Waals surface area contributed by atoms with Gasteiger partial charge in [0.25, 0.3) is 0 Å². The molecule has 1 aromatic carbocycles. The molecule has 0 aliphatic rings. The summed E-state index contributed by atoms with van der Waals surface area (Å²) in [4.78, 5) is 11.7. The number of ether oxygens (including phenoxy) is 1. The van der Waals surface area contributed by atoms with E-state index in [2.05, 4.69) is 19.2 Å². The molecule has 0 radical (unpaired) electrons. The van der Waals surface area contributed by atoms with Gasteiger partial charge in [-0.1, -0.05) is 52.0 Å². The Morgan fingerprint density at radius 2 is 1.67 bits per heavy atom. The van der Waals surface area contributed by atoms with Crippen LogP contribution in [0.15, 0.2) is 24.3 Å². The Balaban J connectivity index is 2.63. The quantitative estimate of drug-likeness (QED) is 0.759. The van der Waals surface area contributed by atoms with Crippen molar-refractivity contribution in [2.24, 2.45) is 5.92 Å². The van der Waals surface area contributed by atoms with Gasteiger partial charge in [0.05, 0.1) is 13.2 Å². The Bertz CT molecular complexity index is 440. The smallest absolute Gasteiger partial charge is 0.323 e. The molecule has 2 unspecified atom stereocenters. The van der Waals surface area contributed by atoms with Crippen molar-refractivity contribution in [1.29, 1.82) is 0 Å². The third-order valence-electron chi connectivity index (χ3n) is 3.64. The van der Waals surface area contributed by atoms with Gasteiger partial charge in [-0.15, -0.1) is 0 Å². The number of rotatable bonds is 7. The molecule has 21 heavy (non-hydrogen) atoms. The zero-order valence-corrected chi connectivity index (χ0v) is 13.6. The van der Waals surface area contributed by atoms with Crippen LogP contribution in [0.4, 0.5) is 0 Å². The number of benzene rings is 1. The lowest BCUT2D eigenvalue weighted by Crippen LogP contribution is -2.43.